The molecule has 4 heteroatoms. The molecule has 1 atom stereocenters. The van der Waals surface area contributed by atoms with Crippen molar-refractivity contribution in [1.82, 2.24) is 4.98 Å². The number of aromatic nitrogens is 1. The highest BCUT2D eigenvalue weighted by Crippen LogP contribution is 2.30. The molecule has 0 radical (unpaired) electrons. The van der Waals surface area contributed by atoms with E-state index >= 15 is 0 Å². The van der Waals surface area contributed by atoms with Gasteiger partial charge in [0.05, 0.1) is 5.69 Å². The third-order valence-electron chi connectivity index (χ3n) is 3.45. The van der Waals surface area contributed by atoms with Crippen molar-refractivity contribution >= 4 is 11.6 Å². The summed E-state index contributed by atoms with van der Waals surface area (Å²) >= 11 is 5.98. The van der Waals surface area contributed by atoms with E-state index in [0.717, 1.165) is 36.3 Å². The lowest BCUT2D eigenvalue weighted by atomic mass is 9.91. The second kappa shape index (κ2) is 4.75. The number of halogens is 1. The Morgan fingerprint density at radius 2 is 2.33 bits per heavy atom. The van der Waals surface area contributed by atoms with Crippen LogP contribution in [0.3, 0.4) is 0 Å². The molecule has 3 nitrogen and oxygen atoms in total. The van der Waals surface area contributed by atoms with E-state index in [1.165, 1.54) is 0 Å². The van der Waals surface area contributed by atoms with Crippen LogP contribution in [0, 0.1) is 5.92 Å². The zero-order valence-electron chi connectivity index (χ0n) is 10.0. The fourth-order valence-electron chi connectivity index (χ4n) is 2.39. The normalized spacial score (nSPS) is 18.7. The van der Waals surface area contributed by atoms with Gasteiger partial charge in [0.15, 0.2) is 0 Å². The van der Waals surface area contributed by atoms with E-state index in [0.29, 0.717) is 23.4 Å². The average Bonchev–Trinajstić information content (AvgIpc) is 2.81. The summed E-state index contributed by atoms with van der Waals surface area (Å²) in [5, 5.41) is 0.698. The third-order valence-corrected chi connectivity index (χ3v) is 3.68. The van der Waals surface area contributed by atoms with Crippen LogP contribution in [0.4, 0.5) is 0 Å². The molecule has 3 rings (SSSR count). The smallest absolute Gasteiger partial charge is 0.226 e. The van der Waals surface area contributed by atoms with E-state index < -0.39 is 0 Å². The number of nitrogens with zero attached hydrogens (tertiary/aromatic N) is 1. The summed E-state index contributed by atoms with van der Waals surface area (Å²) in [6, 6.07) is 7.59. The predicted octanol–water partition coefficient (Wildman–Crippen LogP) is 3.06. The van der Waals surface area contributed by atoms with Gasteiger partial charge < -0.3 is 10.2 Å². The lowest BCUT2D eigenvalue weighted by Crippen LogP contribution is -2.21. The molecule has 94 valence electrons. The fraction of sp³-hybridized carbons (Fsp3) is 0.357. The van der Waals surface area contributed by atoms with Gasteiger partial charge in [-0.25, -0.2) is 4.98 Å². The van der Waals surface area contributed by atoms with Crippen LogP contribution in [0.25, 0.3) is 11.5 Å². The van der Waals surface area contributed by atoms with Crippen molar-refractivity contribution in [1.29, 1.82) is 0 Å². The molecule has 1 aliphatic rings. The zero-order valence-corrected chi connectivity index (χ0v) is 10.8. The van der Waals surface area contributed by atoms with Gasteiger partial charge in [-0.1, -0.05) is 17.7 Å². The Morgan fingerprint density at radius 1 is 1.44 bits per heavy atom. The highest BCUT2D eigenvalue weighted by Gasteiger charge is 2.23. The molecule has 0 saturated carbocycles. The second-order valence-corrected chi connectivity index (χ2v) is 5.18. The maximum atomic E-state index is 5.98. The summed E-state index contributed by atoms with van der Waals surface area (Å²) in [6.07, 6.45) is 2.96. The molecule has 2 N–H and O–H groups in total. The maximum absolute atomic E-state index is 5.98. The van der Waals surface area contributed by atoms with Crippen molar-refractivity contribution in [2.45, 2.75) is 19.3 Å². The number of benzene rings is 1. The molecule has 1 unspecified atom stereocenters. The van der Waals surface area contributed by atoms with Crippen LogP contribution >= 0.6 is 11.6 Å². The highest BCUT2D eigenvalue weighted by atomic mass is 35.5. The summed E-state index contributed by atoms with van der Waals surface area (Å²) in [6.45, 7) is 0.715. The Labute approximate surface area is 111 Å². The minimum atomic E-state index is 0.526. The van der Waals surface area contributed by atoms with Gasteiger partial charge in [-0.2, -0.15) is 0 Å². The Bertz CT molecular complexity index is 565. The molecular formula is C14H15ClN2O. The summed E-state index contributed by atoms with van der Waals surface area (Å²) < 4.78 is 5.85. The Morgan fingerprint density at radius 3 is 3.11 bits per heavy atom. The topological polar surface area (TPSA) is 52.0 Å². The van der Waals surface area contributed by atoms with Gasteiger partial charge in [0.25, 0.3) is 0 Å². The summed E-state index contributed by atoms with van der Waals surface area (Å²) in [4.78, 5) is 4.56. The molecule has 0 amide bonds. The van der Waals surface area contributed by atoms with E-state index in [2.05, 4.69) is 4.98 Å². The van der Waals surface area contributed by atoms with Crippen LogP contribution in [-0.4, -0.2) is 11.5 Å². The molecule has 2 aromatic rings. The van der Waals surface area contributed by atoms with E-state index in [1.807, 2.05) is 24.3 Å². The lowest BCUT2D eigenvalue weighted by Gasteiger charge is -2.17. The SMILES string of the molecule is NCC1CCc2nc(-c3cccc(Cl)c3)oc2C1. The Balaban J connectivity index is 1.94. The molecular weight excluding hydrogens is 248 g/mol. The number of aryl methyl sites for hydroxylation is 1. The number of hydrogen-bond donors (Lipinski definition) is 1. The molecule has 0 aliphatic heterocycles. The molecule has 0 spiro atoms. The quantitative estimate of drug-likeness (QED) is 0.905. The molecule has 18 heavy (non-hydrogen) atoms. The number of fused-ring (bicyclic) bond motifs is 1. The van der Waals surface area contributed by atoms with Crippen LogP contribution in [0.15, 0.2) is 28.7 Å². The van der Waals surface area contributed by atoms with Gasteiger partial charge in [-0.15, -0.1) is 0 Å². The van der Waals surface area contributed by atoms with E-state index in [1.54, 1.807) is 0 Å². The standard InChI is InChI=1S/C14H15ClN2O/c15-11-3-1-2-10(7-11)14-17-12-5-4-9(8-16)6-13(12)18-14/h1-3,7,9H,4-6,8,16H2. The van der Waals surface area contributed by atoms with Crippen molar-refractivity contribution in [3.05, 3.63) is 40.7 Å². The lowest BCUT2D eigenvalue weighted by molar-refractivity contribution is 0.401. The van der Waals surface area contributed by atoms with E-state index in [4.69, 9.17) is 21.8 Å². The van der Waals surface area contributed by atoms with Crippen LogP contribution in [0.5, 0.6) is 0 Å². The van der Waals surface area contributed by atoms with Crippen LogP contribution in [-0.2, 0) is 12.8 Å². The van der Waals surface area contributed by atoms with Crippen molar-refractivity contribution in [3.8, 4) is 11.5 Å². The largest absolute Gasteiger partial charge is 0.441 e. The van der Waals surface area contributed by atoms with Crippen molar-refractivity contribution < 1.29 is 4.42 Å². The molecule has 1 aliphatic carbocycles. The number of rotatable bonds is 2. The third kappa shape index (κ3) is 2.16. The molecule has 1 aromatic carbocycles. The first kappa shape index (κ1) is 11.8. The summed E-state index contributed by atoms with van der Waals surface area (Å²) in [5.41, 5.74) is 7.73. The first-order chi connectivity index (χ1) is 8.76. The molecule has 1 aromatic heterocycles. The van der Waals surface area contributed by atoms with Crippen LogP contribution < -0.4 is 5.73 Å². The highest BCUT2D eigenvalue weighted by molar-refractivity contribution is 6.30. The van der Waals surface area contributed by atoms with Gasteiger partial charge in [0.2, 0.25) is 5.89 Å². The van der Waals surface area contributed by atoms with Crippen LogP contribution in [0.2, 0.25) is 5.02 Å². The zero-order chi connectivity index (χ0) is 12.5. The van der Waals surface area contributed by atoms with Gasteiger partial charge in [0.1, 0.15) is 5.76 Å². The fourth-order valence-corrected chi connectivity index (χ4v) is 2.58. The summed E-state index contributed by atoms with van der Waals surface area (Å²) in [7, 11) is 0. The number of oxazole rings is 1. The van der Waals surface area contributed by atoms with Gasteiger partial charge >= 0.3 is 0 Å². The van der Waals surface area contributed by atoms with E-state index in [-0.39, 0.29) is 0 Å². The Hall–Kier alpha value is -1.32. The molecule has 1 heterocycles. The van der Waals surface area contributed by atoms with Gasteiger partial charge in [-0.05, 0) is 43.5 Å². The molecule has 0 bridgehead atoms. The maximum Gasteiger partial charge on any atom is 0.226 e. The minimum absolute atomic E-state index is 0.526. The second-order valence-electron chi connectivity index (χ2n) is 4.74. The first-order valence-electron chi connectivity index (χ1n) is 6.21. The first-order valence-corrected chi connectivity index (χ1v) is 6.58. The van der Waals surface area contributed by atoms with Crippen molar-refractivity contribution in [3.63, 3.8) is 0 Å². The van der Waals surface area contributed by atoms with Gasteiger partial charge in [-0.3, -0.25) is 0 Å². The number of hydrogen-bond acceptors (Lipinski definition) is 3. The monoisotopic (exact) mass is 262 g/mol. The molecule has 0 saturated heterocycles. The minimum Gasteiger partial charge on any atom is -0.441 e. The van der Waals surface area contributed by atoms with Gasteiger partial charge in [0, 0.05) is 17.0 Å². The van der Waals surface area contributed by atoms with E-state index in [9.17, 15) is 0 Å². The average molecular weight is 263 g/mol. The van der Waals surface area contributed by atoms with Crippen LogP contribution in [0.1, 0.15) is 17.9 Å². The van der Waals surface area contributed by atoms with Crippen molar-refractivity contribution in [2.24, 2.45) is 11.7 Å². The Kier molecular flexibility index (Phi) is 3.10. The molecule has 0 fully saturated rings. The summed E-state index contributed by atoms with van der Waals surface area (Å²) in [5.74, 6) is 2.18. The predicted molar refractivity (Wildman–Crippen MR) is 71.5 cm³/mol. The number of nitrogens with two attached hydrogens (primary N) is 1. The van der Waals surface area contributed by atoms with Crippen molar-refractivity contribution in [2.75, 3.05) is 6.54 Å².